The summed E-state index contributed by atoms with van der Waals surface area (Å²) in [5.41, 5.74) is 1.18. The number of hydrogen-bond acceptors (Lipinski definition) is 4. The van der Waals surface area contributed by atoms with Gasteiger partial charge in [0.2, 0.25) is 0 Å². The van der Waals surface area contributed by atoms with Crippen molar-refractivity contribution in [3.63, 3.8) is 0 Å². The highest BCUT2D eigenvalue weighted by Gasteiger charge is 2.13. The standard InChI is InChI=1S/C15H20N4O3/c1-9(2)19-14-11(8-18-19)5-12(7-16-14)15(22)17-6-10(3)4-13(20)21/h5,7-10H,4,6H2,1-3H3,(H,17,22)(H,20,21). The monoisotopic (exact) mass is 304 g/mol. The third-order valence-electron chi connectivity index (χ3n) is 3.32. The van der Waals surface area contributed by atoms with E-state index in [4.69, 9.17) is 5.11 Å². The maximum atomic E-state index is 12.1. The molecule has 2 aromatic rings. The number of hydrogen-bond donors (Lipinski definition) is 2. The first-order valence-corrected chi connectivity index (χ1v) is 7.21. The molecule has 2 rings (SSSR count). The lowest BCUT2D eigenvalue weighted by Gasteiger charge is -2.10. The summed E-state index contributed by atoms with van der Waals surface area (Å²) < 4.78 is 1.80. The van der Waals surface area contributed by atoms with Crippen LogP contribution in [0.15, 0.2) is 18.5 Å². The number of aliphatic carboxylic acids is 1. The molecule has 1 unspecified atom stereocenters. The van der Waals surface area contributed by atoms with Gasteiger partial charge in [-0.3, -0.25) is 9.59 Å². The molecule has 0 radical (unpaired) electrons. The molecule has 1 atom stereocenters. The van der Waals surface area contributed by atoms with Crippen LogP contribution in [-0.4, -0.2) is 38.3 Å². The van der Waals surface area contributed by atoms with Gasteiger partial charge in [-0.05, 0) is 25.8 Å². The van der Waals surface area contributed by atoms with Gasteiger partial charge >= 0.3 is 5.97 Å². The van der Waals surface area contributed by atoms with Crippen molar-refractivity contribution < 1.29 is 14.7 Å². The zero-order valence-corrected chi connectivity index (χ0v) is 12.9. The Morgan fingerprint density at radius 2 is 2.05 bits per heavy atom. The van der Waals surface area contributed by atoms with Crippen molar-refractivity contribution in [2.75, 3.05) is 6.54 Å². The molecule has 7 heteroatoms. The molecule has 0 aliphatic heterocycles. The Hall–Kier alpha value is -2.44. The molecule has 2 N–H and O–H groups in total. The van der Waals surface area contributed by atoms with E-state index in [2.05, 4.69) is 15.4 Å². The van der Waals surface area contributed by atoms with Crippen molar-refractivity contribution in [1.29, 1.82) is 0 Å². The number of carbonyl (C=O) groups is 2. The van der Waals surface area contributed by atoms with Gasteiger partial charge in [-0.1, -0.05) is 6.92 Å². The number of aromatic nitrogens is 3. The average molecular weight is 304 g/mol. The van der Waals surface area contributed by atoms with E-state index in [-0.39, 0.29) is 24.3 Å². The fraction of sp³-hybridized carbons (Fsp3) is 0.467. The van der Waals surface area contributed by atoms with Gasteiger partial charge in [0.05, 0.1) is 11.8 Å². The Balaban J connectivity index is 2.07. The second-order valence-corrected chi connectivity index (χ2v) is 5.73. The number of pyridine rings is 1. The van der Waals surface area contributed by atoms with Crippen LogP contribution >= 0.6 is 0 Å². The molecule has 0 saturated carbocycles. The second-order valence-electron chi connectivity index (χ2n) is 5.73. The van der Waals surface area contributed by atoms with Crippen LogP contribution in [0.3, 0.4) is 0 Å². The number of rotatable bonds is 6. The van der Waals surface area contributed by atoms with E-state index in [0.29, 0.717) is 12.1 Å². The summed E-state index contributed by atoms with van der Waals surface area (Å²) in [6.45, 7) is 6.12. The molecule has 1 amide bonds. The molecule has 0 saturated heterocycles. The number of carbonyl (C=O) groups excluding carboxylic acids is 1. The van der Waals surface area contributed by atoms with E-state index >= 15 is 0 Å². The first-order valence-electron chi connectivity index (χ1n) is 7.21. The summed E-state index contributed by atoms with van der Waals surface area (Å²) in [4.78, 5) is 27.0. The van der Waals surface area contributed by atoms with Gasteiger partial charge in [0.25, 0.3) is 5.91 Å². The summed E-state index contributed by atoms with van der Waals surface area (Å²) in [5.74, 6) is -1.25. The van der Waals surface area contributed by atoms with E-state index in [1.807, 2.05) is 13.8 Å². The number of carboxylic acids is 1. The fourth-order valence-electron chi connectivity index (χ4n) is 2.18. The van der Waals surface area contributed by atoms with Gasteiger partial charge in [-0.25, -0.2) is 9.67 Å². The third kappa shape index (κ3) is 3.60. The zero-order valence-electron chi connectivity index (χ0n) is 12.9. The molecule has 118 valence electrons. The van der Waals surface area contributed by atoms with Crippen LogP contribution in [0.5, 0.6) is 0 Å². The van der Waals surface area contributed by atoms with Crippen molar-refractivity contribution in [1.82, 2.24) is 20.1 Å². The van der Waals surface area contributed by atoms with Gasteiger partial charge in [-0.15, -0.1) is 0 Å². The van der Waals surface area contributed by atoms with Crippen LogP contribution in [0.2, 0.25) is 0 Å². The minimum absolute atomic E-state index is 0.0265. The fourth-order valence-corrected chi connectivity index (χ4v) is 2.18. The number of nitrogens with one attached hydrogen (secondary N) is 1. The predicted molar refractivity (Wildman–Crippen MR) is 81.7 cm³/mol. The van der Waals surface area contributed by atoms with Crippen molar-refractivity contribution in [3.05, 3.63) is 24.0 Å². The Morgan fingerprint density at radius 1 is 1.32 bits per heavy atom. The average Bonchev–Trinajstić information content (AvgIpc) is 2.87. The van der Waals surface area contributed by atoms with Gasteiger partial charge in [0, 0.05) is 30.6 Å². The van der Waals surface area contributed by atoms with Crippen LogP contribution in [-0.2, 0) is 4.79 Å². The quantitative estimate of drug-likeness (QED) is 0.849. The minimum Gasteiger partial charge on any atom is -0.481 e. The van der Waals surface area contributed by atoms with E-state index in [9.17, 15) is 9.59 Å². The van der Waals surface area contributed by atoms with Crippen LogP contribution < -0.4 is 5.32 Å². The summed E-state index contributed by atoms with van der Waals surface area (Å²) in [5, 5.41) is 16.5. The highest BCUT2D eigenvalue weighted by atomic mass is 16.4. The molecule has 2 aromatic heterocycles. The summed E-state index contributed by atoms with van der Waals surface area (Å²) in [7, 11) is 0. The molecule has 0 aromatic carbocycles. The number of carboxylic acid groups (broad SMARTS) is 1. The van der Waals surface area contributed by atoms with Crippen LogP contribution in [0.25, 0.3) is 11.0 Å². The molecule has 0 aliphatic rings. The second kappa shape index (κ2) is 6.55. The molecule has 2 heterocycles. The lowest BCUT2D eigenvalue weighted by molar-refractivity contribution is -0.137. The van der Waals surface area contributed by atoms with Crippen molar-refractivity contribution in [2.45, 2.75) is 33.2 Å². The van der Waals surface area contributed by atoms with Crippen molar-refractivity contribution >= 4 is 22.9 Å². The topological polar surface area (TPSA) is 97.1 Å². The summed E-state index contributed by atoms with van der Waals surface area (Å²) >= 11 is 0. The molecule has 7 nitrogen and oxygen atoms in total. The molecular formula is C15H20N4O3. The lowest BCUT2D eigenvalue weighted by Crippen LogP contribution is -2.29. The van der Waals surface area contributed by atoms with Gasteiger partial charge in [0.1, 0.15) is 0 Å². The van der Waals surface area contributed by atoms with E-state index < -0.39 is 5.97 Å². The largest absolute Gasteiger partial charge is 0.481 e. The smallest absolute Gasteiger partial charge is 0.303 e. The van der Waals surface area contributed by atoms with Gasteiger partial charge < -0.3 is 10.4 Å². The number of fused-ring (bicyclic) bond motifs is 1. The first kappa shape index (κ1) is 15.9. The van der Waals surface area contributed by atoms with Crippen LogP contribution in [0, 0.1) is 5.92 Å². The highest BCUT2D eigenvalue weighted by molar-refractivity contribution is 5.96. The van der Waals surface area contributed by atoms with E-state index in [1.165, 1.54) is 6.20 Å². The SMILES string of the molecule is CC(CNC(=O)c1cnc2c(cnn2C(C)C)c1)CC(=O)O. The van der Waals surface area contributed by atoms with Crippen LogP contribution in [0.4, 0.5) is 0 Å². The van der Waals surface area contributed by atoms with Crippen molar-refractivity contribution in [3.8, 4) is 0 Å². The van der Waals surface area contributed by atoms with E-state index in [0.717, 1.165) is 11.0 Å². The van der Waals surface area contributed by atoms with E-state index in [1.54, 1.807) is 23.9 Å². The normalized spacial score (nSPS) is 12.5. The Bertz CT molecular complexity index is 693. The molecule has 0 fully saturated rings. The Morgan fingerprint density at radius 3 is 2.68 bits per heavy atom. The molecular weight excluding hydrogens is 284 g/mol. The molecule has 0 bridgehead atoms. The van der Waals surface area contributed by atoms with Crippen LogP contribution in [0.1, 0.15) is 43.6 Å². The predicted octanol–water partition coefficient (Wildman–Crippen LogP) is 1.85. The Labute approximate surface area is 128 Å². The number of nitrogens with zero attached hydrogens (tertiary/aromatic N) is 3. The van der Waals surface area contributed by atoms with Gasteiger partial charge in [0.15, 0.2) is 5.65 Å². The highest BCUT2D eigenvalue weighted by Crippen LogP contribution is 2.16. The first-order chi connectivity index (χ1) is 10.4. The molecule has 22 heavy (non-hydrogen) atoms. The molecule has 0 aliphatic carbocycles. The lowest BCUT2D eigenvalue weighted by atomic mass is 10.1. The summed E-state index contributed by atoms with van der Waals surface area (Å²) in [6, 6.07) is 1.94. The molecule has 0 spiro atoms. The Kier molecular flexibility index (Phi) is 4.75. The minimum atomic E-state index is -0.870. The number of amides is 1. The maximum absolute atomic E-state index is 12.1. The maximum Gasteiger partial charge on any atom is 0.303 e. The van der Waals surface area contributed by atoms with Gasteiger partial charge in [-0.2, -0.15) is 5.10 Å². The zero-order chi connectivity index (χ0) is 16.3. The summed E-state index contributed by atoms with van der Waals surface area (Å²) in [6.07, 6.45) is 3.23. The van der Waals surface area contributed by atoms with Crippen molar-refractivity contribution in [2.24, 2.45) is 5.92 Å². The third-order valence-corrected chi connectivity index (χ3v) is 3.32.